The number of rotatable bonds is 9. The minimum atomic E-state index is -5.49. The van der Waals surface area contributed by atoms with Gasteiger partial charge in [-0.1, -0.05) is 43.7 Å². The third-order valence-electron chi connectivity index (χ3n) is 6.47. The Bertz CT molecular complexity index is 1720. The molecule has 0 heterocycles. The number of aryl methyl sites for hydroxylation is 1. The minimum Gasteiger partial charge on any atom is -0.429 e. The van der Waals surface area contributed by atoms with E-state index in [0.29, 0.717) is 17.7 Å². The highest BCUT2D eigenvalue weighted by atomic mass is 19.4. The van der Waals surface area contributed by atoms with Gasteiger partial charge in [-0.3, -0.25) is 0 Å². The Kier molecular flexibility index (Phi) is 10.2. The second-order valence-corrected chi connectivity index (χ2v) is 9.92. The number of halogens is 11. The molecule has 0 saturated carbocycles. The number of unbranched alkanes of at least 4 members (excludes halogenated alkanes) is 2. The monoisotopic (exact) mass is 658 g/mol. The van der Waals surface area contributed by atoms with Crippen LogP contribution >= 0.6 is 0 Å². The Morgan fingerprint density at radius 1 is 0.609 bits per heavy atom. The third kappa shape index (κ3) is 8.29. The third-order valence-corrected chi connectivity index (χ3v) is 6.47. The molecule has 0 bridgehead atoms. The number of alkyl halides is 5. The van der Waals surface area contributed by atoms with E-state index in [-0.39, 0.29) is 29.8 Å². The van der Waals surface area contributed by atoms with Gasteiger partial charge in [-0.05, 0) is 60.4 Å². The molecule has 13 heteroatoms. The molecule has 0 aromatic heterocycles. The summed E-state index contributed by atoms with van der Waals surface area (Å²) >= 11 is 0. The Morgan fingerprint density at radius 2 is 1.15 bits per heavy atom. The molecule has 0 spiro atoms. The van der Waals surface area contributed by atoms with Crippen LogP contribution in [0.4, 0.5) is 48.3 Å². The Balaban J connectivity index is 1.55. The first-order valence-corrected chi connectivity index (χ1v) is 13.5. The van der Waals surface area contributed by atoms with Crippen LogP contribution in [0.5, 0.6) is 11.5 Å². The lowest BCUT2D eigenvalue weighted by Crippen LogP contribution is -2.25. The van der Waals surface area contributed by atoms with Crippen molar-refractivity contribution >= 4 is 0 Å². The van der Waals surface area contributed by atoms with Gasteiger partial charge in [0.05, 0.1) is 5.56 Å². The highest BCUT2D eigenvalue weighted by Gasteiger charge is 2.41. The maximum atomic E-state index is 14.9. The van der Waals surface area contributed by atoms with Crippen molar-refractivity contribution in [3.8, 4) is 34.5 Å². The van der Waals surface area contributed by atoms with Crippen LogP contribution in [0.1, 0.15) is 48.4 Å². The number of hydrogen-bond donors (Lipinski definition) is 0. The number of hydrogen-bond acceptors (Lipinski definition) is 2. The first-order valence-electron chi connectivity index (χ1n) is 13.5. The van der Waals surface area contributed by atoms with Crippen molar-refractivity contribution in [2.24, 2.45) is 0 Å². The summed E-state index contributed by atoms with van der Waals surface area (Å²) in [6.45, 7) is 2.08. The molecule has 0 aliphatic heterocycles. The van der Waals surface area contributed by atoms with Crippen LogP contribution < -0.4 is 9.47 Å². The number of benzene rings is 4. The fraction of sp³-hybridized carbons (Fsp3) is 0.212. The van der Waals surface area contributed by atoms with Gasteiger partial charge in [-0.25, -0.2) is 26.3 Å². The van der Waals surface area contributed by atoms with Crippen LogP contribution in [0.2, 0.25) is 0 Å². The van der Waals surface area contributed by atoms with E-state index in [4.69, 9.17) is 0 Å². The van der Waals surface area contributed by atoms with Gasteiger partial charge in [0.1, 0.15) is 34.6 Å². The zero-order valence-corrected chi connectivity index (χ0v) is 23.6. The van der Waals surface area contributed by atoms with Crippen molar-refractivity contribution in [2.75, 3.05) is 0 Å². The van der Waals surface area contributed by atoms with Gasteiger partial charge in [0.25, 0.3) is 0 Å². The van der Waals surface area contributed by atoms with E-state index >= 15 is 0 Å². The van der Waals surface area contributed by atoms with Crippen molar-refractivity contribution < 1.29 is 57.8 Å². The van der Waals surface area contributed by atoms with E-state index in [1.165, 1.54) is 0 Å². The summed E-state index contributed by atoms with van der Waals surface area (Å²) in [7, 11) is 0. The average Bonchev–Trinajstić information content (AvgIpc) is 2.93. The topological polar surface area (TPSA) is 18.5 Å². The molecule has 0 fully saturated rings. The van der Waals surface area contributed by atoms with Crippen LogP contribution in [-0.4, -0.2) is 6.36 Å². The van der Waals surface area contributed by atoms with Crippen molar-refractivity contribution in [2.45, 2.75) is 45.1 Å². The van der Waals surface area contributed by atoms with E-state index in [9.17, 15) is 48.3 Å². The van der Waals surface area contributed by atoms with Gasteiger partial charge < -0.3 is 9.47 Å². The quantitative estimate of drug-likeness (QED) is 0.101. The predicted molar refractivity (Wildman–Crippen MR) is 145 cm³/mol. The van der Waals surface area contributed by atoms with E-state index in [1.54, 1.807) is 12.1 Å². The fourth-order valence-corrected chi connectivity index (χ4v) is 4.40. The second kappa shape index (κ2) is 13.7. The van der Waals surface area contributed by atoms with E-state index in [1.807, 2.05) is 12.1 Å². The SMILES string of the molecule is CCCCCc1ccc(C#Cc2cc(F)c(C(F)(F)Oc3cc(F)c(-c4cc(F)c(OC(F)(F)F)c(F)c4)c(F)c3)c(F)c2)cc1. The van der Waals surface area contributed by atoms with Crippen LogP contribution in [0.25, 0.3) is 11.1 Å². The Morgan fingerprint density at radius 3 is 1.67 bits per heavy atom. The molecule has 4 aromatic rings. The number of ether oxygens (including phenoxy) is 2. The molecule has 0 radical (unpaired) electrons. The highest BCUT2D eigenvalue weighted by Crippen LogP contribution is 2.39. The van der Waals surface area contributed by atoms with E-state index in [0.717, 1.165) is 31.2 Å². The van der Waals surface area contributed by atoms with E-state index in [2.05, 4.69) is 28.2 Å². The summed E-state index contributed by atoms with van der Waals surface area (Å²) in [5.74, 6) is -9.09. The Hall–Kier alpha value is -4.73. The molecular formula is C33H21F11O2. The molecule has 0 unspecified atom stereocenters. The van der Waals surface area contributed by atoms with Crippen LogP contribution in [0.3, 0.4) is 0 Å². The maximum absolute atomic E-state index is 14.9. The zero-order valence-electron chi connectivity index (χ0n) is 23.6. The van der Waals surface area contributed by atoms with Gasteiger partial charge in [0.2, 0.25) is 5.75 Å². The Labute approximate surface area is 255 Å². The fourth-order valence-electron chi connectivity index (χ4n) is 4.40. The summed E-state index contributed by atoms with van der Waals surface area (Å²) in [6.07, 6.45) is -6.29. The lowest BCUT2D eigenvalue weighted by atomic mass is 10.0. The molecular weight excluding hydrogens is 637 g/mol. The molecule has 0 amide bonds. The van der Waals surface area contributed by atoms with Gasteiger partial charge in [-0.2, -0.15) is 8.78 Å². The second-order valence-electron chi connectivity index (χ2n) is 9.92. The minimum absolute atomic E-state index is 0.111. The van der Waals surface area contributed by atoms with Gasteiger partial charge >= 0.3 is 12.5 Å². The van der Waals surface area contributed by atoms with Crippen molar-refractivity contribution in [1.82, 2.24) is 0 Å². The summed E-state index contributed by atoms with van der Waals surface area (Å²) in [5, 5.41) is 0. The average molecular weight is 659 g/mol. The van der Waals surface area contributed by atoms with Crippen molar-refractivity contribution in [1.29, 1.82) is 0 Å². The zero-order chi connectivity index (χ0) is 33.8. The molecule has 0 saturated heterocycles. The molecule has 0 aliphatic rings. The molecule has 4 rings (SSSR count). The van der Waals surface area contributed by atoms with Crippen molar-refractivity contribution in [3.05, 3.63) is 118 Å². The molecule has 2 nitrogen and oxygen atoms in total. The normalized spacial score (nSPS) is 11.7. The van der Waals surface area contributed by atoms with Gasteiger partial charge in [0, 0.05) is 23.3 Å². The standard InChI is InChI=1S/C33H21F11O2/c1-2-3-4-5-18-6-8-19(9-7-18)10-11-20-12-25(36)30(26(37)13-20)32(40,41)45-22-16-23(34)29(24(35)17-22)21-14-27(38)31(28(39)15-21)46-33(42,43)44/h6-9,12-17H,2-5H2,1H3. The lowest BCUT2D eigenvalue weighted by Gasteiger charge is -2.20. The van der Waals surface area contributed by atoms with Crippen molar-refractivity contribution in [3.63, 3.8) is 0 Å². The smallest absolute Gasteiger partial charge is 0.429 e. The highest BCUT2D eigenvalue weighted by molar-refractivity contribution is 5.67. The van der Waals surface area contributed by atoms with Gasteiger partial charge in [-0.15, -0.1) is 13.2 Å². The van der Waals surface area contributed by atoms with Crippen LogP contribution in [-0.2, 0) is 12.5 Å². The molecule has 4 aromatic carbocycles. The van der Waals surface area contributed by atoms with Gasteiger partial charge in [0.15, 0.2) is 11.6 Å². The molecule has 242 valence electrons. The first kappa shape index (κ1) is 34.1. The first-order chi connectivity index (χ1) is 21.6. The molecule has 0 aliphatic carbocycles. The summed E-state index contributed by atoms with van der Waals surface area (Å²) < 4.78 is 161. The summed E-state index contributed by atoms with van der Waals surface area (Å²) in [6, 6.07) is 8.58. The predicted octanol–water partition coefficient (Wildman–Crippen LogP) is 10.3. The molecule has 0 N–H and O–H groups in total. The molecule has 0 atom stereocenters. The largest absolute Gasteiger partial charge is 0.573 e. The molecule has 46 heavy (non-hydrogen) atoms. The van der Waals surface area contributed by atoms with Crippen LogP contribution in [0.15, 0.2) is 60.7 Å². The summed E-state index contributed by atoms with van der Waals surface area (Å²) in [4.78, 5) is 0. The van der Waals surface area contributed by atoms with Crippen LogP contribution in [0, 0.1) is 46.7 Å². The van der Waals surface area contributed by atoms with E-state index < -0.39 is 75.6 Å². The summed E-state index contributed by atoms with van der Waals surface area (Å²) in [5.41, 5.74) is -2.82. The maximum Gasteiger partial charge on any atom is 0.573 e. The lowest BCUT2D eigenvalue weighted by molar-refractivity contribution is -0.276.